The predicted molar refractivity (Wildman–Crippen MR) is 125 cm³/mol. The van der Waals surface area contributed by atoms with Crippen LogP contribution in [0.25, 0.3) is 33.7 Å². The normalized spacial score (nSPS) is 11.3. The highest BCUT2D eigenvalue weighted by Crippen LogP contribution is 2.38. The van der Waals surface area contributed by atoms with Gasteiger partial charge in [-0.2, -0.15) is 4.98 Å². The van der Waals surface area contributed by atoms with Crippen LogP contribution in [0.2, 0.25) is 5.02 Å². The van der Waals surface area contributed by atoms with Gasteiger partial charge in [-0.25, -0.2) is 0 Å². The minimum absolute atomic E-state index is 0.00603. The molecular formula is C24H24ClN3O5. The summed E-state index contributed by atoms with van der Waals surface area (Å²) in [5, 5.41) is 14.6. The summed E-state index contributed by atoms with van der Waals surface area (Å²) in [6.07, 6.45) is 2.32. The molecule has 0 amide bonds. The van der Waals surface area contributed by atoms with Gasteiger partial charge in [0.2, 0.25) is 5.82 Å². The Labute approximate surface area is 195 Å². The number of ether oxygens (including phenoxy) is 2. The summed E-state index contributed by atoms with van der Waals surface area (Å²) in [6, 6.07) is 9.01. The SMILES string of the molecule is COc1ccc(-c2noc(-c3ccc(OC(C)C)c(Cl)c3)n2)c2c1c(CCC(=O)O)cn2C. The topological polar surface area (TPSA) is 99.6 Å². The summed E-state index contributed by atoms with van der Waals surface area (Å²) in [7, 11) is 3.48. The largest absolute Gasteiger partial charge is 0.496 e. The van der Waals surface area contributed by atoms with Crippen LogP contribution in [0.3, 0.4) is 0 Å². The molecule has 2 aromatic heterocycles. The number of methoxy groups -OCH3 is 1. The number of hydrogen-bond acceptors (Lipinski definition) is 6. The molecule has 9 heteroatoms. The molecule has 0 aliphatic carbocycles. The number of benzene rings is 2. The molecule has 4 rings (SSSR count). The zero-order valence-corrected chi connectivity index (χ0v) is 19.5. The minimum Gasteiger partial charge on any atom is -0.496 e. The van der Waals surface area contributed by atoms with Crippen LogP contribution in [0.1, 0.15) is 25.8 Å². The van der Waals surface area contributed by atoms with E-state index in [-0.39, 0.29) is 12.5 Å². The third kappa shape index (κ3) is 4.52. The van der Waals surface area contributed by atoms with Crippen LogP contribution in [0.4, 0.5) is 0 Å². The Balaban J connectivity index is 1.75. The number of carbonyl (C=O) groups is 1. The van der Waals surface area contributed by atoms with Gasteiger partial charge in [-0.05, 0) is 56.2 Å². The molecule has 0 unspecified atom stereocenters. The fraction of sp³-hybridized carbons (Fsp3) is 0.292. The molecule has 0 aliphatic heterocycles. The number of hydrogen-bond donors (Lipinski definition) is 1. The van der Waals surface area contributed by atoms with Crippen molar-refractivity contribution in [2.24, 2.45) is 7.05 Å². The zero-order valence-electron chi connectivity index (χ0n) is 18.8. The molecule has 0 radical (unpaired) electrons. The van der Waals surface area contributed by atoms with E-state index in [9.17, 15) is 4.79 Å². The van der Waals surface area contributed by atoms with E-state index < -0.39 is 5.97 Å². The number of aliphatic carboxylic acids is 1. The first-order chi connectivity index (χ1) is 15.8. The van der Waals surface area contributed by atoms with Gasteiger partial charge in [0.15, 0.2) is 0 Å². The van der Waals surface area contributed by atoms with Crippen LogP contribution in [0.5, 0.6) is 11.5 Å². The molecule has 0 aliphatic rings. The number of carboxylic acids is 1. The molecule has 0 fully saturated rings. The van der Waals surface area contributed by atoms with Crippen LogP contribution in [0, 0.1) is 0 Å². The van der Waals surface area contributed by atoms with E-state index >= 15 is 0 Å². The summed E-state index contributed by atoms with van der Waals surface area (Å²) >= 11 is 6.36. The maximum Gasteiger partial charge on any atom is 0.303 e. The average molecular weight is 470 g/mol. The van der Waals surface area contributed by atoms with Gasteiger partial charge in [0.1, 0.15) is 11.5 Å². The van der Waals surface area contributed by atoms with Crippen molar-refractivity contribution in [3.63, 3.8) is 0 Å². The van der Waals surface area contributed by atoms with Gasteiger partial charge in [0, 0.05) is 36.2 Å². The second-order valence-corrected chi connectivity index (χ2v) is 8.34. The molecule has 33 heavy (non-hydrogen) atoms. The Hall–Kier alpha value is -3.52. The van der Waals surface area contributed by atoms with Crippen molar-refractivity contribution in [3.8, 4) is 34.3 Å². The highest BCUT2D eigenvalue weighted by atomic mass is 35.5. The summed E-state index contributed by atoms with van der Waals surface area (Å²) in [6.45, 7) is 3.86. The number of nitrogens with zero attached hydrogens (tertiary/aromatic N) is 3. The molecule has 1 N–H and O–H groups in total. The first kappa shape index (κ1) is 22.7. The molecule has 0 saturated carbocycles. The summed E-state index contributed by atoms with van der Waals surface area (Å²) in [5.74, 6) is 1.12. The summed E-state index contributed by atoms with van der Waals surface area (Å²) in [4.78, 5) is 15.7. The van der Waals surface area contributed by atoms with Crippen molar-refractivity contribution >= 4 is 28.5 Å². The highest BCUT2D eigenvalue weighted by molar-refractivity contribution is 6.32. The minimum atomic E-state index is -0.853. The van der Waals surface area contributed by atoms with E-state index in [0.717, 1.165) is 22.0 Å². The Morgan fingerprint density at radius 3 is 2.67 bits per heavy atom. The lowest BCUT2D eigenvalue weighted by Crippen LogP contribution is -2.05. The standard InChI is InChI=1S/C24H24ClN3O5/c1-13(2)32-18-8-5-14(11-17(18)25)24-26-23(27-33-24)16-7-9-19(31-4)21-15(6-10-20(29)30)12-28(3)22(16)21/h5,7-9,11-13H,6,10H2,1-4H3,(H,29,30). The second kappa shape index (κ2) is 9.15. The van der Waals surface area contributed by atoms with E-state index in [1.807, 2.05) is 49.9 Å². The monoisotopic (exact) mass is 469 g/mol. The van der Waals surface area contributed by atoms with E-state index in [4.69, 9.17) is 30.7 Å². The number of aromatic nitrogens is 3. The van der Waals surface area contributed by atoms with Crippen LogP contribution >= 0.6 is 11.6 Å². The molecule has 2 aromatic carbocycles. The van der Waals surface area contributed by atoms with Crippen molar-refractivity contribution < 1.29 is 23.9 Å². The molecule has 2 heterocycles. The van der Waals surface area contributed by atoms with Gasteiger partial charge in [0.25, 0.3) is 5.89 Å². The summed E-state index contributed by atoms with van der Waals surface area (Å²) < 4.78 is 18.7. The van der Waals surface area contributed by atoms with E-state index in [2.05, 4.69) is 10.1 Å². The lowest BCUT2D eigenvalue weighted by Gasteiger charge is -2.11. The van der Waals surface area contributed by atoms with Gasteiger partial charge < -0.3 is 23.7 Å². The molecule has 172 valence electrons. The Morgan fingerprint density at radius 1 is 1.24 bits per heavy atom. The first-order valence-corrected chi connectivity index (χ1v) is 10.8. The second-order valence-electron chi connectivity index (χ2n) is 7.93. The fourth-order valence-corrected chi connectivity index (χ4v) is 4.05. The van der Waals surface area contributed by atoms with E-state index in [1.54, 1.807) is 19.2 Å². The molecule has 0 spiro atoms. The lowest BCUT2D eigenvalue weighted by molar-refractivity contribution is -0.136. The van der Waals surface area contributed by atoms with Crippen molar-refractivity contribution in [2.75, 3.05) is 7.11 Å². The first-order valence-electron chi connectivity index (χ1n) is 10.5. The quantitative estimate of drug-likeness (QED) is 0.370. The molecule has 8 nitrogen and oxygen atoms in total. The molecule has 4 aromatic rings. The summed E-state index contributed by atoms with van der Waals surface area (Å²) in [5.41, 5.74) is 3.13. The molecule has 0 atom stereocenters. The number of halogens is 1. The average Bonchev–Trinajstić information content (AvgIpc) is 3.38. The third-order valence-electron chi connectivity index (χ3n) is 5.20. The lowest BCUT2D eigenvalue weighted by atomic mass is 10.0. The van der Waals surface area contributed by atoms with Crippen molar-refractivity contribution in [3.05, 3.63) is 47.1 Å². The van der Waals surface area contributed by atoms with Crippen LogP contribution in [0.15, 0.2) is 41.1 Å². The van der Waals surface area contributed by atoms with Gasteiger partial charge in [0.05, 0.1) is 23.8 Å². The van der Waals surface area contributed by atoms with Crippen molar-refractivity contribution in [2.45, 2.75) is 32.8 Å². The van der Waals surface area contributed by atoms with E-state index in [0.29, 0.717) is 40.2 Å². The maximum absolute atomic E-state index is 11.1. The zero-order chi connectivity index (χ0) is 23.7. The number of carboxylic acid groups (broad SMARTS) is 1. The Bertz CT molecular complexity index is 1330. The van der Waals surface area contributed by atoms with Crippen LogP contribution in [-0.2, 0) is 18.3 Å². The van der Waals surface area contributed by atoms with Gasteiger partial charge in [-0.3, -0.25) is 4.79 Å². The van der Waals surface area contributed by atoms with Gasteiger partial charge >= 0.3 is 5.97 Å². The molecular weight excluding hydrogens is 446 g/mol. The van der Waals surface area contributed by atoms with Crippen LogP contribution in [-0.4, -0.2) is 39.0 Å². The maximum atomic E-state index is 11.1. The molecule has 0 bridgehead atoms. The Kier molecular flexibility index (Phi) is 6.29. The van der Waals surface area contributed by atoms with Crippen molar-refractivity contribution in [1.82, 2.24) is 14.7 Å². The van der Waals surface area contributed by atoms with Gasteiger partial charge in [-0.15, -0.1) is 0 Å². The number of rotatable bonds is 8. The van der Waals surface area contributed by atoms with E-state index in [1.165, 1.54) is 0 Å². The third-order valence-corrected chi connectivity index (χ3v) is 5.49. The van der Waals surface area contributed by atoms with Gasteiger partial charge in [-0.1, -0.05) is 16.8 Å². The van der Waals surface area contributed by atoms with Crippen LogP contribution < -0.4 is 9.47 Å². The Morgan fingerprint density at radius 2 is 2.00 bits per heavy atom. The number of aryl methyl sites for hydroxylation is 2. The highest BCUT2D eigenvalue weighted by Gasteiger charge is 2.21. The number of fused-ring (bicyclic) bond motifs is 1. The predicted octanol–water partition coefficient (Wildman–Crippen LogP) is 5.36. The van der Waals surface area contributed by atoms with Crippen molar-refractivity contribution in [1.29, 1.82) is 0 Å². The fourth-order valence-electron chi connectivity index (χ4n) is 3.83. The smallest absolute Gasteiger partial charge is 0.303 e. The molecule has 0 saturated heterocycles.